The van der Waals surface area contributed by atoms with Gasteiger partial charge >= 0.3 is 0 Å². The van der Waals surface area contributed by atoms with E-state index in [2.05, 4.69) is 21.2 Å². The number of hydrogen-bond acceptors (Lipinski definition) is 3. The number of nitrogens with one attached hydrogen (secondary N) is 1. The van der Waals surface area contributed by atoms with E-state index in [1.165, 1.54) is 30.3 Å². The molecule has 0 spiro atoms. The van der Waals surface area contributed by atoms with Crippen molar-refractivity contribution >= 4 is 37.4 Å². The van der Waals surface area contributed by atoms with Crippen LogP contribution < -0.4 is 5.32 Å². The number of hydrogen-bond donors (Lipinski definition) is 1. The standard InChI is InChI=1S/C15H13BrFNO3S/c1-22(20,21)12-4-2-3-11(9-12)18-15(19)8-10-5-6-14(17)13(16)7-10/h2-7,9H,8H2,1H3,(H,18,19). The first-order valence-electron chi connectivity index (χ1n) is 6.29. The van der Waals surface area contributed by atoms with Crippen LogP contribution in [-0.4, -0.2) is 20.6 Å². The minimum absolute atomic E-state index is 0.0575. The van der Waals surface area contributed by atoms with Gasteiger partial charge in [-0.05, 0) is 51.8 Å². The molecular weight excluding hydrogens is 373 g/mol. The smallest absolute Gasteiger partial charge is 0.228 e. The second kappa shape index (κ2) is 6.58. The topological polar surface area (TPSA) is 63.2 Å². The molecule has 2 aromatic rings. The fourth-order valence-electron chi connectivity index (χ4n) is 1.84. The van der Waals surface area contributed by atoms with Crippen LogP contribution in [0.3, 0.4) is 0 Å². The van der Waals surface area contributed by atoms with Crippen LogP contribution in [-0.2, 0) is 21.1 Å². The van der Waals surface area contributed by atoms with Crippen molar-refractivity contribution in [2.75, 3.05) is 11.6 Å². The molecule has 116 valence electrons. The van der Waals surface area contributed by atoms with Crippen molar-refractivity contribution in [3.8, 4) is 0 Å². The summed E-state index contributed by atoms with van der Waals surface area (Å²) in [6.45, 7) is 0. The lowest BCUT2D eigenvalue weighted by Gasteiger charge is -2.07. The molecule has 1 amide bonds. The number of carbonyl (C=O) groups is 1. The van der Waals surface area contributed by atoms with Crippen LogP contribution in [0.5, 0.6) is 0 Å². The number of sulfone groups is 1. The zero-order chi connectivity index (χ0) is 16.3. The molecule has 2 rings (SSSR count). The molecule has 0 saturated carbocycles. The van der Waals surface area contributed by atoms with Crippen LogP contribution in [0.15, 0.2) is 51.8 Å². The summed E-state index contributed by atoms with van der Waals surface area (Å²) < 4.78 is 36.4. The van der Waals surface area contributed by atoms with E-state index in [-0.39, 0.29) is 21.7 Å². The Bertz CT molecular complexity index is 821. The molecule has 0 aliphatic rings. The van der Waals surface area contributed by atoms with E-state index in [9.17, 15) is 17.6 Å². The second-order valence-electron chi connectivity index (χ2n) is 4.77. The normalized spacial score (nSPS) is 11.2. The van der Waals surface area contributed by atoms with Gasteiger partial charge in [-0.25, -0.2) is 12.8 Å². The highest BCUT2D eigenvalue weighted by molar-refractivity contribution is 9.10. The van der Waals surface area contributed by atoms with Crippen molar-refractivity contribution in [1.29, 1.82) is 0 Å². The lowest BCUT2D eigenvalue weighted by molar-refractivity contribution is -0.115. The summed E-state index contributed by atoms with van der Waals surface area (Å²) in [7, 11) is -3.33. The van der Waals surface area contributed by atoms with Crippen molar-refractivity contribution in [3.05, 3.63) is 58.3 Å². The Morgan fingerprint density at radius 3 is 2.59 bits per heavy atom. The summed E-state index contributed by atoms with van der Waals surface area (Å²) in [6, 6.07) is 10.3. The first kappa shape index (κ1) is 16.6. The molecule has 0 unspecified atom stereocenters. The van der Waals surface area contributed by atoms with E-state index < -0.39 is 15.7 Å². The first-order valence-corrected chi connectivity index (χ1v) is 8.98. The van der Waals surface area contributed by atoms with Gasteiger partial charge in [0.2, 0.25) is 5.91 Å². The zero-order valence-corrected chi connectivity index (χ0v) is 14.0. The number of amides is 1. The highest BCUT2D eigenvalue weighted by Gasteiger charge is 2.10. The number of anilines is 1. The van der Waals surface area contributed by atoms with Crippen molar-refractivity contribution in [1.82, 2.24) is 0 Å². The molecule has 0 heterocycles. The molecule has 0 aliphatic carbocycles. The Balaban J connectivity index is 2.10. The predicted molar refractivity (Wildman–Crippen MR) is 86.0 cm³/mol. The third-order valence-corrected chi connectivity index (χ3v) is 4.61. The van der Waals surface area contributed by atoms with Gasteiger partial charge in [-0.1, -0.05) is 12.1 Å². The Labute approximate surface area is 136 Å². The average molecular weight is 386 g/mol. The van der Waals surface area contributed by atoms with Crippen LogP contribution in [0, 0.1) is 5.82 Å². The summed E-state index contributed by atoms with van der Waals surface area (Å²) in [6.07, 6.45) is 1.16. The van der Waals surface area contributed by atoms with E-state index in [0.29, 0.717) is 11.3 Å². The third kappa shape index (κ3) is 4.38. The molecule has 0 atom stereocenters. The van der Waals surface area contributed by atoms with Gasteiger partial charge in [0, 0.05) is 11.9 Å². The maximum Gasteiger partial charge on any atom is 0.228 e. The molecule has 7 heteroatoms. The lowest BCUT2D eigenvalue weighted by atomic mass is 10.1. The van der Waals surface area contributed by atoms with Gasteiger partial charge in [0.05, 0.1) is 15.8 Å². The molecule has 1 N–H and O–H groups in total. The van der Waals surface area contributed by atoms with Crippen LogP contribution in [0.25, 0.3) is 0 Å². The van der Waals surface area contributed by atoms with Gasteiger partial charge in [-0.2, -0.15) is 0 Å². The number of rotatable bonds is 4. The first-order chi connectivity index (χ1) is 10.3. The van der Waals surface area contributed by atoms with E-state index in [1.807, 2.05) is 0 Å². The fraction of sp³-hybridized carbons (Fsp3) is 0.133. The monoisotopic (exact) mass is 385 g/mol. The summed E-state index contributed by atoms with van der Waals surface area (Å²) in [5.74, 6) is -0.714. The van der Waals surface area contributed by atoms with E-state index in [1.54, 1.807) is 12.1 Å². The molecule has 4 nitrogen and oxygen atoms in total. The summed E-state index contributed by atoms with van der Waals surface area (Å²) >= 11 is 3.06. The molecule has 0 saturated heterocycles. The molecule has 0 aromatic heterocycles. The number of carbonyl (C=O) groups excluding carboxylic acids is 1. The summed E-state index contributed by atoms with van der Waals surface area (Å²) in [4.78, 5) is 12.1. The number of benzene rings is 2. The van der Waals surface area contributed by atoms with Crippen molar-refractivity contribution in [3.63, 3.8) is 0 Å². The van der Waals surface area contributed by atoms with Gasteiger partial charge in [-0.15, -0.1) is 0 Å². The third-order valence-electron chi connectivity index (χ3n) is 2.89. The predicted octanol–water partition coefficient (Wildman–Crippen LogP) is 3.17. The zero-order valence-electron chi connectivity index (χ0n) is 11.6. The summed E-state index contributed by atoms with van der Waals surface area (Å²) in [5, 5.41) is 2.62. The number of halogens is 2. The minimum Gasteiger partial charge on any atom is -0.326 e. The Kier molecular flexibility index (Phi) is 4.97. The average Bonchev–Trinajstić information content (AvgIpc) is 2.42. The largest absolute Gasteiger partial charge is 0.326 e. The van der Waals surface area contributed by atoms with E-state index >= 15 is 0 Å². The Morgan fingerprint density at radius 1 is 1.23 bits per heavy atom. The minimum atomic E-state index is -3.33. The maximum absolute atomic E-state index is 13.1. The molecule has 2 aromatic carbocycles. The van der Waals surface area contributed by atoms with Crippen molar-refractivity contribution < 1.29 is 17.6 Å². The molecule has 0 radical (unpaired) electrons. The lowest BCUT2D eigenvalue weighted by Crippen LogP contribution is -2.14. The maximum atomic E-state index is 13.1. The SMILES string of the molecule is CS(=O)(=O)c1cccc(NC(=O)Cc2ccc(F)c(Br)c2)c1. The fourth-order valence-corrected chi connectivity index (χ4v) is 2.94. The Morgan fingerprint density at radius 2 is 1.95 bits per heavy atom. The van der Waals surface area contributed by atoms with Crippen LogP contribution in [0.2, 0.25) is 0 Å². The van der Waals surface area contributed by atoms with Gasteiger partial charge in [0.1, 0.15) is 5.82 Å². The molecule has 0 fully saturated rings. The highest BCUT2D eigenvalue weighted by atomic mass is 79.9. The molecule has 0 aliphatic heterocycles. The molecule has 22 heavy (non-hydrogen) atoms. The van der Waals surface area contributed by atoms with Gasteiger partial charge in [0.25, 0.3) is 0 Å². The second-order valence-corrected chi connectivity index (χ2v) is 7.64. The van der Waals surface area contributed by atoms with Crippen LogP contribution in [0.1, 0.15) is 5.56 Å². The molecular formula is C15H13BrFNO3S. The van der Waals surface area contributed by atoms with Crippen molar-refractivity contribution in [2.24, 2.45) is 0 Å². The summed E-state index contributed by atoms with van der Waals surface area (Å²) in [5.41, 5.74) is 1.04. The van der Waals surface area contributed by atoms with Crippen molar-refractivity contribution in [2.45, 2.75) is 11.3 Å². The Hall–Kier alpha value is -1.73. The van der Waals surface area contributed by atoms with Gasteiger partial charge in [0.15, 0.2) is 9.84 Å². The van der Waals surface area contributed by atoms with Gasteiger partial charge in [-0.3, -0.25) is 4.79 Å². The van der Waals surface area contributed by atoms with Crippen LogP contribution >= 0.6 is 15.9 Å². The quantitative estimate of drug-likeness (QED) is 0.878. The van der Waals surface area contributed by atoms with E-state index in [4.69, 9.17) is 0 Å². The molecule has 0 bridgehead atoms. The highest BCUT2D eigenvalue weighted by Crippen LogP contribution is 2.18. The van der Waals surface area contributed by atoms with Gasteiger partial charge < -0.3 is 5.32 Å². The van der Waals surface area contributed by atoms with E-state index in [0.717, 1.165) is 6.26 Å². The van der Waals surface area contributed by atoms with Crippen LogP contribution in [0.4, 0.5) is 10.1 Å².